The van der Waals surface area contributed by atoms with Gasteiger partial charge >= 0.3 is 6.18 Å². The van der Waals surface area contributed by atoms with Crippen LogP contribution >= 0.6 is 23.4 Å². The number of halogens is 4. The highest BCUT2D eigenvalue weighted by Crippen LogP contribution is 2.34. The summed E-state index contributed by atoms with van der Waals surface area (Å²) in [7, 11) is 0. The highest BCUT2D eigenvalue weighted by Gasteiger charge is 2.29. The SMILES string of the molecule is FC(F)(F)c1ccc(Sc2ccccc2CCl)cc1. The first-order valence-electron chi connectivity index (χ1n) is 5.49. The Bertz CT molecular complexity index is 549. The predicted molar refractivity (Wildman–Crippen MR) is 71.6 cm³/mol. The van der Waals surface area contributed by atoms with Crippen molar-refractivity contribution in [2.75, 3.05) is 0 Å². The normalized spacial score (nSPS) is 11.6. The van der Waals surface area contributed by atoms with Crippen molar-refractivity contribution in [2.24, 2.45) is 0 Å². The molecule has 0 aliphatic rings. The molecule has 0 nitrogen and oxygen atoms in total. The first kappa shape index (κ1) is 14.3. The molecule has 0 fully saturated rings. The minimum absolute atomic E-state index is 0.379. The number of alkyl halides is 4. The van der Waals surface area contributed by atoms with Gasteiger partial charge in [0.2, 0.25) is 0 Å². The van der Waals surface area contributed by atoms with E-state index < -0.39 is 11.7 Å². The highest BCUT2D eigenvalue weighted by molar-refractivity contribution is 7.99. The van der Waals surface area contributed by atoms with Crippen LogP contribution in [0.1, 0.15) is 11.1 Å². The van der Waals surface area contributed by atoms with Crippen LogP contribution in [0.2, 0.25) is 0 Å². The zero-order valence-corrected chi connectivity index (χ0v) is 11.3. The fourth-order valence-electron chi connectivity index (χ4n) is 1.55. The van der Waals surface area contributed by atoms with Crippen molar-refractivity contribution < 1.29 is 13.2 Å². The van der Waals surface area contributed by atoms with E-state index >= 15 is 0 Å². The van der Waals surface area contributed by atoms with E-state index in [1.54, 1.807) is 0 Å². The Labute approximate surface area is 118 Å². The van der Waals surface area contributed by atoms with Crippen LogP contribution in [0.3, 0.4) is 0 Å². The van der Waals surface area contributed by atoms with Gasteiger partial charge in [0.1, 0.15) is 0 Å². The van der Waals surface area contributed by atoms with Gasteiger partial charge in [-0.25, -0.2) is 0 Å². The molecule has 0 unspecified atom stereocenters. The molecule has 100 valence electrons. The van der Waals surface area contributed by atoms with E-state index in [0.717, 1.165) is 27.5 Å². The number of hydrogen-bond acceptors (Lipinski definition) is 1. The van der Waals surface area contributed by atoms with Crippen LogP contribution in [0, 0.1) is 0 Å². The van der Waals surface area contributed by atoms with Crippen molar-refractivity contribution in [1.82, 2.24) is 0 Å². The van der Waals surface area contributed by atoms with Crippen molar-refractivity contribution in [1.29, 1.82) is 0 Å². The fraction of sp³-hybridized carbons (Fsp3) is 0.143. The molecular formula is C14H10ClF3S. The van der Waals surface area contributed by atoms with E-state index in [9.17, 15) is 13.2 Å². The van der Waals surface area contributed by atoms with Crippen LogP contribution in [-0.4, -0.2) is 0 Å². The second-order valence-corrected chi connectivity index (χ2v) is 5.25. The molecule has 0 aliphatic carbocycles. The van der Waals surface area contributed by atoms with Crippen LogP contribution in [0.25, 0.3) is 0 Å². The molecule has 0 aromatic heterocycles. The lowest BCUT2D eigenvalue weighted by atomic mass is 10.2. The first-order chi connectivity index (χ1) is 9.00. The third-order valence-electron chi connectivity index (χ3n) is 2.53. The molecule has 2 aromatic rings. The van der Waals surface area contributed by atoms with Gasteiger partial charge in [0.25, 0.3) is 0 Å². The Kier molecular flexibility index (Phi) is 4.42. The summed E-state index contributed by atoms with van der Waals surface area (Å²) < 4.78 is 37.3. The molecule has 0 heterocycles. The Morgan fingerprint density at radius 1 is 0.947 bits per heavy atom. The summed E-state index contributed by atoms with van der Waals surface area (Å²) in [4.78, 5) is 1.71. The van der Waals surface area contributed by atoms with Crippen molar-refractivity contribution in [3.05, 3.63) is 59.7 Å². The molecule has 0 aliphatic heterocycles. The molecule has 0 saturated carbocycles. The van der Waals surface area contributed by atoms with E-state index in [1.165, 1.54) is 23.9 Å². The molecule has 2 aromatic carbocycles. The molecule has 0 radical (unpaired) electrons. The molecule has 0 spiro atoms. The summed E-state index contributed by atoms with van der Waals surface area (Å²) in [6.07, 6.45) is -4.29. The van der Waals surface area contributed by atoms with Gasteiger partial charge in [0, 0.05) is 15.7 Å². The average Bonchev–Trinajstić information content (AvgIpc) is 2.39. The Morgan fingerprint density at radius 2 is 1.58 bits per heavy atom. The monoisotopic (exact) mass is 302 g/mol. The fourth-order valence-corrected chi connectivity index (χ4v) is 2.81. The van der Waals surface area contributed by atoms with Gasteiger partial charge in [-0.1, -0.05) is 30.0 Å². The summed E-state index contributed by atoms with van der Waals surface area (Å²) in [6.45, 7) is 0. The molecule has 0 bridgehead atoms. The quantitative estimate of drug-likeness (QED) is 0.665. The van der Waals surface area contributed by atoms with E-state index in [-0.39, 0.29) is 0 Å². The van der Waals surface area contributed by atoms with Crippen LogP contribution in [0.4, 0.5) is 13.2 Å². The van der Waals surface area contributed by atoms with E-state index in [0.29, 0.717) is 5.88 Å². The van der Waals surface area contributed by atoms with Crippen LogP contribution < -0.4 is 0 Å². The third kappa shape index (κ3) is 3.67. The molecule has 5 heteroatoms. The molecule has 0 atom stereocenters. The van der Waals surface area contributed by atoms with E-state index in [2.05, 4.69) is 0 Å². The molecular weight excluding hydrogens is 293 g/mol. The smallest absolute Gasteiger partial charge is 0.166 e. The Hall–Kier alpha value is -1.13. The molecule has 0 N–H and O–H groups in total. The summed E-state index contributed by atoms with van der Waals surface area (Å²) >= 11 is 7.23. The average molecular weight is 303 g/mol. The molecule has 0 amide bonds. The van der Waals surface area contributed by atoms with Crippen molar-refractivity contribution >= 4 is 23.4 Å². The second kappa shape index (κ2) is 5.88. The molecule has 19 heavy (non-hydrogen) atoms. The van der Waals surface area contributed by atoms with Gasteiger partial charge in [0.05, 0.1) is 5.56 Å². The topological polar surface area (TPSA) is 0 Å². The van der Waals surface area contributed by atoms with Gasteiger partial charge in [0.15, 0.2) is 0 Å². The van der Waals surface area contributed by atoms with Gasteiger partial charge in [-0.3, -0.25) is 0 Å². The van der Waals surface area contributed by atoms with Crippen LogP contribution in [0.5, 0.6) is 0 Å². The summed E-state index contributed by atoms with van der Waals surface area (Å²) in [5.41, 5.74) is 0.330. The molecule has 0 saturated heterocycles. The van der Waals surface area contributed by atoms with Crippen LogP contribution in [-0.2, 0) is 12.1 Å². The summed E-state index contributed by atoms with van der Waals surface area (Å²) in [5.74, 6) is 0.379. The number of benzene rings is 2. The predicted octanol–water partition coefficient (Wildman–Crippen LogP) is 5.60. The van der Waals surface area contributed by atoms with E-state index in [1.807, 2.05) is 24.3 Å². The van der Waals surface area contributed by atoms with Crippen LogP contribution in [0.15, 0.2) is 58.3 Å². The van der Waals surface area contributed by atoms with Gasteiger partial charge < -0.3 is 0 Å². The third-order valence-corrected chi connectivity index (χ3v) is 3.94. The Morgan fingerprint density at radius 3 is 2.16 bits per heavy atom. The second-order valence-electron chi connectivity index (χ2n) is 3.87. The number of hydrogen-bond donors (Lipinski definition) is 0. The van der Waals surface area contributed by atoms with Gasteiger partial charge in [-0.15, -0.1) is 11.6 Å². The maximum atomic E-state index is 12.4. The first-order valence-corrected chi connectivity index (χ1v) is 6.85. The molecule has 2 rings (SSSR count). The largest absolute Gasteiger partial charge is 0.416 e. The van der Waals surface area contributed by atoms with Crippen molar-refractivity contribution in [3.8, 4) is 0 Å². The number of rotatable bonds is 3. The lowest BCUT2D eigenvalue weighted by molar-refractivity contribution is -0.137. The van der Waals surface area contributed by atoms with Crippen molar-refractivity contribution in [3.63, 3.8) is 0 Å². The Balaban J connectivity index is 2.20. The zero-order chi connectivity index (χ0) is 13.9. The minimum atomic E-state index is -4.29. The van der Waals surface area contributed by atoms with Gasteiger partial charge in [-0.05, 0) is 35.9 Å². The van der Waals surface area contributed by atoms with Crippen molar-refractivity contribution in [2.45, 2.75) is 21.8 Å². The maximum Gasteiger partial charge on any atom is 0.416 e. The lowest BCUT2D eigenvalue weighted by Gasteiger charge is -2.09. The highest BCUT2D eigenvalue weighted by atomic mass is 35.5. The summed E-state index contributed by atoms with van der Waals surface area (Å²) in [5, 5.41) is 0. The zero-order valence-electron chi connectivity index (χ0n) is 9.75. The standard InChI is InChI=1S/C14H10ClF3S/c15-9-10-3-1-2-4-13(10)19-12-7-5-11(6-8-12)14(16,17)18/h1-8H,9H2. The minimum Gasteiger partial charge on any atom is -0.166 e. The summed E-state index contributed by atoms with van der Waals surface area (Å²) in [6, 6.07) is 12.7. The van der Waals surface area contributed by atoms with Gasteiger partial charge in [-0.2, -0.15) is 13.2 Å². The maximum absolute atomic E-state index is 12.4. The lowest BCUT2D eigenvalue weighted by Crippen LogP contribution is -2.03. The van der Waals surface area contributed by atoms with E-state index in [4.69, 9.17) is 11.6 Å².